The van der Waals surface area contributed by atoms with Crippen LogP contribution in [0.15, 0.2) is 0 Å². The number of esters is 1. The van der Waals surface area contributed by atoms with Crippen molar-refractivity contribution in [1.82, 2.24) is 0 Å². The van der Waals surface area contributed by atoms with E-state index in [2.05, 4.69) is 81.6 Å². The van der Waals surface area contributed by atoms with Crippen LogP contribution in [0, 0.1) is 28.6 Å². The van der Waals surface area contributed by atoms with Crippen LogP contribution in [0.25, 0.3) is 0 Å². The summed E-state index contributed by atoms with van der Waals surface area (Å²) in [6, 6.07) is 0. The Morgan fingerprint density at radius 1 is 0.784 bits per heavy atom. The molecule has 0 N–H and O–H groups in total. The van der Waals surface area contributed by atoms with Crippen molar-refractivity contribution in [3.05, 3.63) is 0 Å². The zero-order chi connectivity index (χ0) is 27.8. The second kappa shape index (κ2) is 9.44. The summed E-state index contributed by atoms with van der Waals surface area (Å²) >= 11 is 0. The van der Waals surface area contributed by atoms with Gasteiger partial charge in [0.25, 0.3) is 0 Å². The molecule has 8 atom stereocenters. The van der Waals surface area contributed by atoms with Gasteiger partial charge in [0, 0.05) is 24.4 Å². The van der Waals surface area contributed by atoms with Crippen molar-refractivity contribution in [2.75, 3.05) is 0 Å². The van der Waals surface area contributed by atoms with Gasteiger partial charge in [-0.3, -0.25) is 4.79 Å². The Balaban J connectivity index is 1.54. The molecule has 0 amide bonds. The van der Waals surface area contributed by atoms with Gasteiger partial charge in [-0.25, -0.2) is 0 Å². The molecule has 6 heteroatoms. The highest BCUT2D eigenvalue weighted by Gasteiger charge is 2.62. The molecule has 0 aromatic heterocycles. The number of hydrogen-bond donors (Lipinski definition) is 0. The highest BCUT2D eigenvalue weighted by atomic mass is 28.4. The van der Waals surface area contributed by atoms with Gasteiger partial charge < -0.3 is 13.6 Å². The van der Waals surface area contributed by atoms with Gasteiger partial charge >= 0.3 is 5.97 Å². The number of carbonyl (C=O) groups is 1. The Kier molecular flexibility index (Phi) is 7.61. The first-order valence-electron chi connectivity index (χ1n) is 15.3. The smallest absolute Gasteiger partial charge is 0.306 e. The van der Waals surface area contributed by atoms with E-state index in [-0.39, 0.29) is 39.1 Å². The molecule has 214 valence electrons. The van der Waals surface area contributed by atoms with Crippen molar-refractivity contribution >= 4 is 22.6 Å². The topological polar surface area (TPSA) is 44.8 Å². The van der Waals surface area contributed by atoms with E-state index in [1.165, 1.54) is 19.3 Å². The SMILES string of the molecule is CC(C)(C)[Si](C)(C)O[C@H]1CC[C@@]2(C)C(C1)OC(=O)C[C@H]1[C@@H]3CC[C@H](O[Si](C)(C)C(C)(C)C)[C@@]3(C)CC[C@@H]12. The molecule has 3 aliphatic carbocycles. The minimum absolute atomic E-state index is 0.0106. The molecular formula is C31H58O4Si2. The molecule has 1 unspecified atom stereocenters. The minimum atomic E-state index is -1.86. The van der Waals surface area contributed by atoms with Crippen molar-refractivity contribution in [3.8, 4) is 0 Å². The molecule has 4 rings (SSSR count). The third-order valence-corrected chi connectivity index (χ3v) is 21.6. The van der Waals surface area contributed by atoms with Crippen LogP contribution in [0.5, 0.6) is 0 Å². The number of carbonyl (C=O) groups excluding carboxylic acids is 1. The molecule has 0 bridgehead atoms. The Bertz CT molecular complexity index is 871. The quantitative estimate of drug-likeness (QED) is 0.259. The lowest BCUT2D eigenvalue weighted by atomic mass is 9.51. The molecule has 4 aliphatic rings. The maximum atomic E-state index is 13.3. The van der Waals surface area contributed by atoms with E-state index in [4.69, 9.17) is 13.6 Å². The van der Waals surface area contributed by atoms with E-state index in [1.807, 2.05) is 0 Å². The van der Waals surface area contributed by atoms with Crippen molar-refractivity contribution in [2.45, 2.75) is 161 Å². The molecule has 0 aromatic carbocycles. The van der Waals surface area contributed by atoms with E-state index in [0.29, 0.717) is 30.3 Å². The third-order valence-electron chi connectivity index (χ3n) is 12.6. The van der Waals surface area contributed by atoms with Crippen LogP contribution in [0.1, 0.15) is 107 Å². The fourth-order valence-corrected chi connectivity index (χ4v) is 10.9. The van der Waals surface area contributed by atoms with E-state index < -0.39 is 16.6 Å². The van der Waals surface area contributed by atoms with Crippen LogP contribution in [-0.4, -0.2) is 40.9 Å². The summed E-state index contributed by atoms with van der Waals surface area (Å²) in [5.41, 5.74) is 0.236. The Labute approximate surface area is 230 Å². The molecule has 0 spiro atoms. The van der Waals surface area contributed by atoms with Gasteiger partial charge in [-0.2, -0.15) is 0 Å². The van der Waals surface area contributed by atoms with Crippen molar-refractivity contribution in [3.63, 3.8) is 0 Å². The van der Waals surface area contributed by atoms with Crippen molar-refractivity contribution in [1.29, 1.82) is 0 Å². The van der Waals surface area contributed by atoms with Crippen LogP contribution in [-0.2, 0) is 18.4 Å². The third kappa shape index (κ3) is 5.19. The summed E-state index contributed by atoms with van der Waals surface area (Å²) in [5.74, 6) is 1.58. The monoisotopic (exact) mass is 550 g/mol. The molecule has 1 saturated heterocycles. The van der Waals surface area contributed by atoms with E-state index >= 15 is 0 Å². The minimum Gasteiger partial charge on any atom is -0.462 e. The summed E-state index contributed by atoms with van der Waals surface area (Å²) in [6.07, 6.45) is 8.97. The first-order valence-corrected chi connectivity index (χ1v) is 21.1. The molecule has 4 nitrogen and oxygen atoms in total. The van der Waals surface area contributed by atoms with E-state index in [1.54, 1.807) is 0 Å². The maximum absolute atomic E-state index is 13.3. The molecule has 4 fully saturated rings. The highest BCUT2D eigenvalue weighted by Crippen LogP contribution is 2.64. The normalized spacial score (nSPS) is 41.4. The van der Waals surface area contributed by atoms with Crippen LogP contribution in [0.4, 0.5) is 0 Å². The fraction of sp³-hybridized carbons (Fsp3) is 0.968. The molecule has 0 radical (unpaired) electrons. The highest BCUT2D eigenvalue weighted by molar-refractivity contribution is 6.74. The molecular weight excluding hydrogens is 493 g/mol. The number of hydrogen-bond acceptors (Lipinski definition) is 4. The predicted octanol–water partition coefficient (Wildman–Crippen LogP) is 8.72. The van der Waals surface area contributed by atoms with Crippen LogP contribution >= 0.6 is 0 Å². The first kappa shape index (κ1) is 29.8. The average molecular weight is 551 g/mol. The molecule has 0 aromatic rings. The number of rotatable bonds is 4. The van der Waals surface area contributed by atoms with E-state index in [9.17, 15) is 4.79 Å². The summed E-state index contributed by atoms with van der Waals surface area (Å²) in [4.78, 5) is 13.3. The number of ether oxygens (including phenoxy) is 1. The lowest BCUT2D eigenvalue weighted by Crippen LogP contribution is -2.55. The lowest BCUT2D eigenvalue weighted by Gasteiger charge is -2.56. The molecule has 3 saturated carbocycles. The summed E-state index contributed by atoms with van der Waals surface area (Å²) in [5, 5.41) is 0.412. The summed E-state index contributed by atoms with van der Waals surface area (Å²) < 4.78 is 20.3. The first-order chi connectivity index (χ1) is 16.7. The van der Waals surface area contributed by atoms with Crippen LogP contribution in [0.2, 0.25) is 36.3 Å². The zero-order valence-corrected chi connectivity index (χ0v) is 28.3. The van der Waals surface area contributed by atoms with Gasteiger partial charge in [-0.1, -0.05) is 55.4 Å². The summed E-state index contributed by atoms with van der Waals surface area (Å²) in [7, 11) is -3.70. The van der Waals surface area contributed by atoms with Gasteiger partial charge in [0.05, 0.1) is 6.10 Å². The Hall–Kier alpha value is -0.176. The zero-order valence-electron chi connectivity index (χ0n) is 26.3. The standard InChI is InChI=1S/C31H58O4Si2/c1-28(2,3)36(9,10)34-21-15-17-31(8)24-16-18-30(7)23(22(24)20-27(32)33-26(31)19-21)13-14-25(30)35-37(11,12)29(4,5)6/h21-26H,13-20H2,1-12H3/t21-,22-,23-,24-,25-,26?,30-,31+/m0/s1. The van der Waals surface area contributed by atoms with Gasteiger partial charge in [-0.15, -0.1) is 0 Å². The Morgan fingerprint density at radius 3 is 1.92 bits per heavy atom. The second-order valence-corrected chi connectivity index (χ2v) is 26.3. The van der Waals surface area contributed by atoms with Gasteiger partial charge in [0.15, 0.2) is 16.6 Å². The number of fused-ring (bicyclic) bond motifs is 5. The molecule has 1 aliphatic heterocycles. The largest absolute Gasteiger partial charge is 0.462 e. The van der Waals surface area contributed by atoms with Crippen molar-refractivity contribution in [2.24, 2.45) is 28.6 Å². The average Bonchev–Trinajstić information content (AvgIpc) is 2.99. The van der Waals surface area contributed by atoms with Gasteiger partial charge in [-0.05, 0) is 98.0 Å². The maximum Gasteiger partial charge on any atom is 0.306 e. The lowest BCUT2D eigenvalue weighted by molar-refractivity contribution is -0.161. The second-order valence-electron chi connectivity index (χ2n) is 16.8. The predicted molar refractivity (Wildman–Crippen MR) is 158 cm³/mol. The van der Waals surface area contributed by atoms with E-state index in [0.717, 1.165) is 25.7 Å². The summed E-state index contributed by atoms with van der Waals surface area (Å²) in [6.45, 7) is 28.4. The fourth-order valence-electron chi connectivity index (χ4n) is 8.03. The van der Waals surface area contributed by atoms with Crippen LogP contribution < -0.4 is 0 Å². The Morgan fingerprint density at radius 2 is 1.32 bits per heavy atom. The molecule has 1 heterocycles. The molecule has 37 heavy (non-hydrogen) atoms. The van der Waals surface area contributed by atoms with Crippen LogP contribution in [0.3, 0.4) is 0 Å². The van der Waals surface area contributed by atoms with Gasteiger partial charge in [0.1, 0.15) is 6.10 Å². The van der Waals surface area contributed by atoms with Gasteiger partial charge in [0.2, 0.25) is 0 Å². The van der Waals surface area contributed by atoms with Crippen molar-refractivity contribution < 1.29 is 18.4 Å².